The summed E-state index contributed by atoms with van der Waals surface area (Å²) >= 11 is 0. The first-order chi connectivity index (χ1) is 6.50. The molecule has 0 aromatic rings. The molecule has 0 atom stereocenters. The van der Waals surface area contributed by atoms with Crippen LogP contribution >= 0.6 is 0 Å². The number of carbonyl (C=O) groups is 1. The number of aliphatic hydroxyl groups is 1. The highest BCUT2D eigenvalue weighted by atomic mass is 16.5. The highest BCUT2D eigenvalue weighted by Gasteiger charge is 2.20. The molecule has 0 rings (SSSR count). The van der Waals surface area contributed by atoms with Gasteiger partial charge in [0.05, 0.1) is 12.9 Å². The van der Waals surface area contributed by atoms with Crippen LogP contribution in [-0.2, 0) is 4.74 Å². The fraction of sp³-hybridized carbons (Fsp3) is 0.700. The van der Waals surface area contributed by atoms with Gasteiger partial charge in [-0.15, -0.1) is 0 Å². The smallest absolute Gasteiger partial charge is 0.415 e. The molecule has 4 nitrogen and oxygen atoms in total. The average molecular weight is 201 g/mol. The van der Waals surface area contributed by atoms with Crippen molar-refractivity contribution < 1.29 is 14.6 Å². The van der Waals surface area contributed by atoms with Crippen molar-refractivity contribution in [2.24, 2.45) is 0 Å². The number of aliphatic hydroxyl groups excluding tert-OH is 1. The van der Waals surface area contributed by atoms with Crippen molar-refractivity contribution in [2.75, 3.05) is 6.61 Å². The van der Waals surface area contributed by atoms with Crippen LogP contribution in [0.2, 0.25) is 0 Å². The van der Waals surface area contributed by atoms with Crippen molar-refractivity contribution in [2.45, 2.75) is 39.8 Å². The van der Waals surface area contributed by atoms with Crippen LogP contribution in [0.5, 0.6) is 0 Å². The van der Waals surface area contributed by atoms with Crippen LogP contribution in [0, 0.1) is 0 Å². The van der Waals surface area contributed by atoms with E-state index in [1.807, 2.05) is 27.7 Å². The molecule has 0 aromatic carbocycles. The van der Waals surface area contributed by atoms with Crippen LogP contribution in [-0.4, -0.2) is 34.8 Å². The number of ether oxygens (including phenoxy) is 1. The molecule has 0 saturated heterocycles. The Labute approximate surface area is 85.2 Å². The predicted molar refractivity (Wildman–Crippen MR) is 54.8 cm³/mol. The van der Waals surface area contributed by atoms with Gasteiger partial charge in [0, 0.05) is 12.1 Å². The molecule has 0 heterocycles. The van der Waals surface area contributed by atoms with E-state index in [0.717, 1.165) is 0 Å². The molecule has 0 bridgehead atoms. The van der Waals surface area contributed by atoms with E-state index in [9.17, 15) is 4.79 Å². The Balaban J connectivity index is 4.23. The van der Waals surface area contributed by atoms with E-state index in [1.165, 1.54) is 12.3 Å². The summed E-state index contributed by atoms with van der Waals surface area (Å²) in [6.45, 7) is 7.58. The average Bonchev–Trinajstić information content (AvgIpc) is 2.03. The Morgan fingerprint density at radius 1 is 1.36 bits per heavy atom. The molecule has 0 spiro atoms. The summed E-state index contributed by atoms with van der Waals surface area (Å²) in [5, 5.41) is 8.44. The van der Waals surface area contributed by atoms with Crippen LogP contribution < -0.4 is 0 Å². The number of hydrogen-bond acceptors (Lipinski definition) is 3. The molecule has 0 saturated carbocycles. The second-order valence-electron chi connectivity index (χ2n) is 3.53. The van der Waals surface area contributed by atoms with Crippen molar-refractivity contribution in [3.63, 3.8) is 0 Å². The van der Waals surface area contributed by atoms with E-state index >= 15 is 0 Å². The summed E-state index contributed by atoms with van der Waals surface area (Å²) < 4.78 is 4.81. The third-order valence-corrected chi connectivity index (χ3v) is 1.69. The molecule has 0 unspecified atom stereocenters. The lowest BCUT2D eigenvalue weighted by molar-refractivity contribution is 0.109. The first-order valence-corrected chi connectivity index (χ1v) is 4.75. The quantitative estimate of drug-likeness (QED) is 0.705. The molecule has 14 heavy (non-hydrogen) atoms. The summed E-state index contributed by atoms with van der Waals surface area (Å²) in [6.07, 6.45) is 2.19. The van der Waals surface area contributed by atoms with Crippen LogP contribution in [0.25, 0.3) is 0 Å². The minimum atomic E-state index is -0.389. The van der Waals surface area contributed by atoms with Gasteiger partial charge >= 0.3 is 6.09 Å². The molecule has 1 N–H and O–H groups in total. The number of hydrogen-bond donors (Lipinski definition) is 1. The van der Waals surface area contributed by atoms with Gasteiger partial charge in [-0.25, -0.2) is 4.79 Å². The van der Waals surface area contributed by atoms with E-state index in [-0.39, 0.29) is 24.8 Å². The first kappa shape index (κ1) is 13.0. The van der Waals surface area contributed by atoms with Gasteiger partial charge in [0.2, 0.25) is 0 Å². The molecule has 4 heteroatoms. The summed E-state index contributed by atoms with van der Waals surface area (Å²) in [6, 6.07) is 0.204. The molecular formula is C10H19NO3. The topological polar surface area (TPSA) is 49.8 Å². The molecular weight excluding hydrogens is 182 g/mol. The third-order valence-electron chi connectivity index (χ3n) is 1.69. The summed E-state index contributed by atoms with van der Waals surface area (Å²) in [4.78, 5) is 13.1. The van der Waals surface area contributed by atoms with Crippen LogP contribution in [0.15, 0.2) is 12.3 Å². The van der Waals surface area contributed by atoms with Gasteiger partial charge in [0.1, 0.15) is 0 Å². The Morgan fingerprint density at radius 3 is 2.21 bits per heavy atom. The SMILES string of the molecule is CC(C)N(C(=O)O/C=C/CO)C(C)C. The summed E-state index contributed by atoms with van der Waals surface area (Å²) in [7, 11) is 0. The molecule has 82 valence electrons. The van der Waals surface area contributed by atoms with Crippen molar-refractivity contribution in [1.29, 1.82) is 0 Å². The lowest BCUT2D eigenvalue weighted by atomic mass is 10.2. The zero-order valence-electron chi connectivity index (χ0n) is 9.23. The highest BCUT2D eigenvalue weighted by Crippen LogP contribution is 2.07. The lowest BCUT2D eigenvalue weighted by Gasteiger charge is -2.28. The third kappa shape index (κ3) is 4.28. The Morgan fingerprint density at radius 2 is 1.86 bits per heavy atom. The van der Waals surface area contributed by atoms with Gasteiger partial charge in [-0.2, -0.15) is 0 Å². The molecule has 0 aromatic heterocycles. The molecule has 0 aliphatic heterocycles. The van der Waals surface area contributed by atoms with Crippen LogP contribution in [0.1, 0.15) is 27.7 Å². The minimum Gasteiger partial charge on any atom is -0.418 e. The molecule has 0 aliphatic carbocycles. The van der Waals surface area contributed by atoms with E-state index in [4.69, 9.17) is 9.84 Å². The van der Waals surface area contributed by atoms with Crippen LogP contribution in [0.3, 0.4) is 0 Å². The standard InChI is InChI=1S/C10H19NO3/c1-8(2)11(9(3)4)10(13)14-7-5-6-12/h5,7-9,12H,6H2,1-4H3/b7-5+. The van der Waals surface area contributed by atoms with Crippen molar-refractivity contribution in [3.8, 4) is 0 Å². The van der Waals surface area contributed by atoms with Gasteiger partial charge in [0.15, 0.2) is 0 Å². The van der Waals surface area contributed by atoms with Gasteiger partial charge in [-0.05, 0) is 33.8 Å². The molecule has 0 radical (unpaired) electrons. The van der Waals surface area contributed by atoms with E-state index < -0.39 is 0 Å². The molecule has 0 aliphatic rings. The highest BCUT2D eigenvalue weighted by molar-refractivity contribution is 5.68. The van der Waals surface area contributed by atoms with E-state index in [0.29, 0.717) is 0 Å². The van der Waals surface area contributed by atoms with Gasteiger partial charge in [-0.3, -0.25) is 0 Å². The second kappa shape index (κ2) is 6.43. The van der Waals surface area contributed by atoms with Crippen molar-refractivity contribution >= 4 is 6.09 Å². The Hall–Kier alpha value is -1.03. The second-order valence-corrected chi connectivity index (χ2v) is 3.53. The molecule has 0 fully saturated rings. The zero-order valence-corrected chi connectivity index (χ0v) is 9.23. The summed E-state index contributed by atoms with van der Waals surface area (Å²) in [5.41, 5.74) is 0. The minimum absolute atomic E-state index is 0.102. The molecule has 1 amide bonds. The number of rotatable bonds is 4. The van der Waals surface area contributed by atoms with Gasteiger partial charge in [-0.1, -0.05) is 0 Å². The number of nitrogens with zero attached hydrogens (tertiary/aromatic N) is 1. The van der Waals surface area contributed by atoms with Gasteiger partial charge in [0.25, 0.3) is 0 Å². The largest absolute Gasteiger partial charge is 0.418 e. The Kier molecular flexibility index (Phi) is 5.95. The van der Waals surface area contributed by atoms with Gasteiger partial charge < -0.3 is 14.7 Å². The zero-order chi connectivity index (χ0) is 11.1. The maximum absolute atomic E-state index is 11.5. The van der Waals surface area contributed by atoms with Crippen molar-refractivity contribution in [3.05, 3.63) is 12.3 Å². The maximum Gasteiger partial charge on any atom is 0.415 e. The lowest BCUT2D eigenvalue weighted by Crippen LogP contribution is -2.41. The van der Waals surface area contributed by atoms with Crippen molar-refractivity contribution in [1.82, 2.24) is 4.90 Å². The number of amides is 1. The van der Waals surface area contributed by atoms with E-state index in [2.05, 4.69) is 0 Å². The fourth-order valence-corrected chi connectivity index (χ4v) is 1.23. The fourth-order valence-electron chi connectivity index (χ4n) is 1.23. The maximum atomic E-state index is 11.5. The predicted octanol–water partition coefficient (Wildman–Crippen LogP) is 1.75. The normalized spacial score (nSPS) is 11.4. The monoisotopic (exact) mass is 201 g/mol. The first-order valence-electron chi connectivity index (χ1n) is 4.75. The summed E-state index contributed by atoms with van der Waals surface area (Å²) in [5.74, 6) is 0. The number of carbonyl (C=O) groups excluding carboxylic acids is 1. The van der Waals surface area contributed by atoms with Crippen LogP contribution in [0.4, 0.5) is 4.79 Å². The van der Waals surface area contributed by atoms with E-state index in [1.54, 1.807) is 4.90 Å². The Bertz CT molecular complexity index is 192.